The predicted molar refractivity (Wildman–Crippen MR) is 138 cm³/mol. The van der Waals surface area contributed by atoms with Gasteiger partial charge >= 0.3 is 0 Å². The maximum Gasteiger partial charge on any atom is 0.247 e. The molecule has 0 spiro atoms. The van der Waals surface area contributed by atoms with Crippen molar-refractivity contribution >= 4 is 28.2 Å². The van der Waals surface area contributed by atoms with Gasteiger partial charge in [-0.3, -0.25) is 0 Å². The molecular formula is C27H28N4O2S. The molecule has 34 heavy (non-hydrogen) atoms. The smallest absolute Gasteiger partial charge is 0.247 e. The van der Waals surface area contributed by atoms with E-state index in [0.717, 1.165) is 45.5 Å². The van der Waals surface area contributed by atoms with Crippen molar-refractivity contribution in [3.63, 3.8) is 0 Å². The molecule has 1 unspecified atom stereocenters. The zero-order chi connectivity index (χ0) is 23.3. The summed E-state index contributed by atoms with van der Waals surface area (Å²) in [5.41, 5.74) is 3.40. The van der Waals surface area contributed by atoms with Gasteiger partial charge in [0.05, 0.1) is 12.7 Å². The standard InChI is InChI=1S/C27H28N4O2S/c1-3-4-5-10-17-34-27-29-26-24(30-31-27)20-13-8-9-14-21(20)28-25(33-26)23-19-12-7-6-11-18(19)15-16-22(23)32-2/h6-9,11-16,25,28H,3-5,10,17H2,1-2H3. The van der Waals surface area contributed by atoms with Gasteiger partial charge in [-0.05, 0) is 29.3 Å². The van der Waals surface area contributed by atoms with Crippen LogP contribution in [-0.4, -0.2) is 28.0 Å². The number of thioether (sulfide) groups is 1. The van der Waals surface area contributed by atoms with E-state index in [1.54, 1.807) is 18.9 Å². The van der Waals surface area contributed by atoms with Crippen LogP contribution in [0.4, 0.5) is 5.69 Å². The minimum atomic E-state index is -0.512. The summed E-state index contributed by atoms with van der Waals surface area (Å²) in [4.78, 5) is 4.79. The number of rotatable bonds is 8. The van der Waals surface area contributed by atoms with Crippen LogP contribution < -0.4 is 14.8 Å². The SMILES string of the molecule is CCCCCCSc1nnc2c(n1)OC(c1c(OC)ccc3ccccc13)Nc1ccccc1-2. The molecule has 0 aliphatic carbocycles. The molecule has 3 aromatic carbocycles. The number of fused-ring (bicyclic) bond motifs is 4. The molecule has 1 aliphatic rings. The number of ether oxygens (including phenoxy) is 2. The average Bonchev–Trinajstić information content (AvgIpc) is 3.04. The molecule has 4 aromatic rings. The summed E-state index contributed by atoms with van der Waals surface area (Å²) >= 11 is 1.63. The lowest BCUT2D eigenvalue weighted by molar-refractivity contribution is 0.221. The Morgan fingerprint density at radius 3 is 2.71 bits per heavy atom. The van der Waals surface area contributed by atoms with Crippen molar-refractivity contribution in [3.8, 4) is 22.9 Å². The van der Waals surface area contributed by atoms with Crippen LogP contribution >= 0.6 is 11.8 Å². The molecule has 7 heteroatoms. The summed E-state index contributed by atoms with van der Waals surface area (Å²) in [6.07, 6.45) is 4.33. The zero-order valence-corrected chi connectivity index (χ0v) is 20.3. The molecule has 6 nitrogen and oxygen atoms in total. The van der Waals surface area contributed by atoms with Gasteiger partial charge in [-0.1, -0.05) is 86.5 Å². The summed E-state index contributed by atoms with van der Waals surface area (Å²) in [6, 6.07) is 20.3. The van der Waals surface area contributed by atoms with E-state index >= 15 is 0 Å². The lowest BCUT2D eigenvalue weighted by Crippen LogP contribution is -2.18. The molecule has 2 heterocycles. The quantitative estimate of drug-likeness (QED) is 0.221. The van der Waals surface area contributed by atoms with Gasteiger partial charge in [0, 0.05) is 17.0 Å². The minimum absolute atomic E-state index is 0.475. The van der Waals surface area contributed by atoms with E-state index in [0.29, 0.717) is 16.7 Å². The number of anilines is 1. The summed E-state index contributed by atoms with van der Waals surface area (Å²) in [6.45, 7) is 2.22. The fourth-order valence-electron chi connectivity index (χ4n) is 4.26. The van der Waals surface area contributed by atoms with Gasteiger partial charge in [0.25, 0.3) is 0 Å². The monoisotopic (exact) mass is 472 g/mol. The van der Waals surface area contributed by atoms with Crippen LogP contribution in [0.3, 0.4) is 0 Å². The Hall–Kier alpha value is -3.32. The van der Waals surface area contributed by atoms with E-state index in [-0.39, 0.29) is 0 Å². The largest absolute Gasteiger partial charge is 0.496 e. The highest BCUT2D eigenvalue weighted by Crippen LogP contribution is 2.43. The van der Waals surface area contributed by atoms with Crippen LogP contribution in [-0.2, 0) is 0 Å². The highest BCUT2D eigenvalue weighted by atomic mass is 32.2. The molecule has 0 saturated carbocycles. The molecule has 0 radical (unpaired) electrons. The van der Waals surface area contributed by atoms with Crippen LogP contribution in [0, 0.1) is 0 Å². The van der Waals surface area contributed by atoms with Crippen LogP contribution in [0.15, 0.2) is 65.8 Å². The van der Waals surface area contributed by atoms with Crippen LogP contribution in [0.25, 0.3) is 22.0 Å². The first-order valence-electron chi connectivity index (χ1n) is 11.7. The number of hydrogen-bond donors (Lipinski definition) is 1. The molecular weight excluding hydrogens is 444 g/mol. The number of nitrogens with one attached hydrogen (secondary N) is 1. The number of aromatic nitrogens is 3. The van der Waals surface area contributed by atoms with Gasteiger partial charge in [-0.2, -0.15) is 4.98 Å². The third-order valence-electron chi connectivity index (χ3n) is 5.98. The van der Waals surface area contributed by atoms with E-state index in [1.165, 1.54) is 19.3 Å². The zero-order valence-electron chi connectivity index (χ0n) is 19.5. The second-order valence-electron chi connectivity index (χ2n) is 8.25. The van der Waals surface area contributed by atoms with Crippen molar-refractivity contribution in [1.82, 2.24) is 15.2 Å². The fraction of sp³-hybridized carbons (Fsp3) is 0.296. The van der Waals surface area contributed by atoms with E-state index in [2.05, 4.69) is 40.6 Å². The van der Waals surface area contributed by atoms with Crippen molar-refractivity contribution in [2.24, 2.45) is 0 Å². The summed E-state index contributed by atoms with van der Waals surface area (Å²) in [5.74, 6) is 2.20. The van der Waals surface area contributed by atoms with E-state index in [4.69, 9.17) is 14.5 Å². The fourth-order valence-corrected chi connectivity index (χ4v) is 5.03. The molecule has 1 aliphatic heterocycles. The topological polar surface area (TPSA) is 69.2 Å². The molecule has 1 aromatic heterocycles. The highest BCUT2D eigenvalue weighted by molar-refractivity contribution is 7.99. The Morgan fingerprint density at radius 2 is 1.82 bits per heavy atom. The summed E-state index contributed by atoms with van der Waals surface area (Å²) in [7, 11) is 1.68. The Balaban J connectivity index is 1.55. The lowest BCUT2D eigenvalue weighted by Gasteiger charge is -2.23. The van der Waals surface area contributed by atoms with Crippen molar-refractivity contribution in [2.45, 2.75) is 44.0 Å². The summed E-state index contributed by atoms with van der Waals surface area (Å²) in [5, 5.41) is 15.3. The van der Waals surface area contributed by atoms with Crippen molar-refractivity contribution in [3.05, 3.63) is 66.2 Å². The van der Waals surface area contributed by atoms with Gasteiger partial charge in [0.15, 0.2) is 5.69 Å². The third kappa shape index (κ3) is 4.53. The Morgan fingerprint density at radius 1 is 0.971 bits per heavy atom. The minimum Gasteiger partial charge on any atom is -0.496 e. The predicted octanol–water partition coefficient (Wildman–Crippen LogP) is 6.88. The Kier molecular flexibility index (Phi) is 6.81. The molecule has 5 rings (SSSR count). The highest BCUT2D eigenvalue weighted by Gasteiger charge is 2.29. The first-order valence-corrected chi connectivity index (χ1v) is 12.7. The van der Waals surface area contributed by atoms with Gasteiger partial charge < -0.3 is 14.8 Å². The molecule has 1 atom stereocenters. The Bertz CT molecular complexity index is 1300. The molecule has 0 saturated heterocycles. The van der Waals surface area contributed by atoms with E-state index in [1.807, 2.05) is 42.5 Å². The van der Waals surface area contributed by atoms with Gasteiger partial charge in [0.2, 0.25) is 17.3 Å². The normalized spacial score (nSPS) is 14.5. The first-order chi connectivity index (χ1) is 16.8. The molecule has 0 bridgehead atoms. The maximum atomic E-state index is 6.54. The second kappa shape index (κ2) is 10.3. The number of unbranched alkanes of at least 4 members (excludes halogenated alkanes) is 3. The maximum absolute atomic E-state index is 6.54. The van der Waals surface area contributed by atoms with Gasteiger partial charge in [-0.25, -0.2) is 0 Å². The van der Waals surface area contributed by atoms with Crippen LogP contribution in [0.2, 0.25) is 0 Å². The Labute approximate surface area is 204 Å². The number of hydrogen-bond acceptors (Lipinski definition) is 7. The molecule has 1 N–H and O–H groups in total. The third-order valence-corrected chi connectivity index (χ3v) is 6.90. The number of nitrogens with zero attached hydrogens (tertiary/aromatic N) is 3. The number of benzene rings is 3. The lowest BCUT2D eigenvalue weighted by atomic mass is 10.0. The van der Waals surface area contributed by atoms with Crippen LogP contribution in [0.1, 0.15) is 44.4 Å². The van der Waals surface area contributed by atoms with Crippen LogP contribution in [0.5, 0.6) is 11.6 Å². The molecule has 0 fully saturated rings. The number of methoxy groups -OCH3 is 1. The summed E-state index contributed by atoms with van der Waals surface area (Å²) < 4.78 is 12.3. The van der Waals surface area contributed by atoms with E-state index < -0.39 is 6.23 Å². The van der Waals surface area contributed by atoms with Gasteiger partial charge in [0.1, 0.15) is 5.75 Å². The van der Waals surface area contributed by atoms with Crippen molar-refractivity contribution < 1.29 is 9.47 Å². The number of para-hydroxylation sites is 1. The second-order valence-corrected chi connectivity index (χ2v) is 9.31. The average molecular weight is 473 g/mol. The molecule has 174 valence electrons. The molecule has 0 amide bonds. The van der Waals surface area contributed by atoms with Crippen molar-refractivity contribution in [1.29, 1.82) is 0 Å². The van der Waals surface area contributed by atoms with E-state index in [9.17, 15) is 0 Å². The van der Waals surface area contributed by atoms with Gasteiger partial charge in [-0.15, -0.1) is 10.2 Å². The van der Waals surface area contributed by atoms with Crippen molar-refractivity contribution in [2.75, 3.05) is 18.2 Å². The first kappa shape index (κ1) is 22.5.